The van der Waals surface area contributed by atoms with E-state index in [-0.39, 0.29) is 17.9 Å². The van der Waals surface area contributed by atoms with E-state index in [2.05, 4.69) is 4.98 Å². The van der Waals surface area contributed by atoms with Gasteiger partial charge in [-0.2, -0.15) is 0 Å². The van der Waals surface area contributed by atoms with Crippen molar-refractivity contribution < 1.29 is 13.5 Å². The molecule has 0 fully saturated rings. The molecule has 0 aliphatic rings. The number of hydrogen-bond acceptors (Lipinski definition) is 5. The SMILES string of the molecule is COc1ccc(CSc2nc3cc(Cl)ccc3c(=O)n2Cc2ccco2)cc1F. The molecule has 2 aromatic carbocycles. The van der Waals surface area contributed by atoms with Crippen molar-refractivity contribution in [1.82, 2.24) is 9.55 Å². The maximum atomic E-state index is 14.0. The van der Waals surface area contributed by atoms with Crippen LogP contribution in [-0.4, -0.2) is 16.7 Å². The van der Waals surface area contributed by atoms with Crippen molar-refractivity contribution in [1.29, 1.82) is 0 Å². The summed E-state index contributed by atoms with van der Waals surface area (Å²) in [5.41, 5.74) is 1.08. The molecule has 0 unspecified atom stereocenters. The first-order valence-corrected chi connectivity index (χ1v) is 10.1. The lowest BCUT2D eigenvalue weighted by Gasteiger charge is -2.12. The summed E-state index contributed by atoms with van der Waals surface area (Å²) in [5, 5.41) is 1.47. The quantitative estimate of drug-likeness (QED) is 0.313. The molecule has 148 valence electrons. The molecule has 0 N–H and O–H groups in total. The van der Waals surface area contributed by atoms with Gasteiger partial charge in [0.05, 0.1) is 30.8 Å². The van der Waals surface area contributed by atoms with Crippen molar-refractivity contribution in [2.24, 2.45) is 0 Å². The second-order valence-electron chi connectivity index (χ2n) is 6.28. The summed E-state index contributed by atoms with van der Waals surface area (Å²) in [6.45, 7) is 0.247. The highest BCUT2D eigenvalue weighted by atomic mass is 35.5. The molecule has 0 saturated heterocycles. The fraction of sp³-hybridized carbons (Fsp3) is 0.143. The smallest absolute Gasteiger partial charge is 0.262 e. The third-order valence-electron chi connectivity index (χ3n) is 4.36. The number of thioether (sulfide) groups is 1. The molecule has 8 heteroatoms. The number of benzene rings is 2. The van der Waals surface area contributed by atoms with Gasteiger partial charge in [-0.05, 0) is 48.0 Å². The van der Waals surface area contributed by atoms with E-state index in [1.54, 1.807) is 53.3 Å². The van der Waals surface area contributed by atoms with Crippen LogP contribution >= 0.6 is 23.4 Å². The fourth-order valence-electron chi connectivity index (χ4n) is 2.93. The number of ether oxygens (including phenoxy) is 1. The van der Waals surface area contributed by atoms with Gasteiger partial charge in [0.1, 0.15) is 5.76 Å². The predicted molar refractivity (Wildman–Crippen MR) is 111 cm³/mol. The Morgan fingerprint density at radius 2 is 2.10 bits per heavy atom. The summed E-state index contributed by atoms with van der Waals surface area (Å²) in [7, 11) is 1.42. The molecule has 2 heterocycles. The van der Waals surface area contributed by atoms with Gasteiger partial charge in [0.25, 0.3) is 5.56 Å². The Morgan fingerprint density at radius 1 is 1.24 bits per heavy atom. The number of hydrogen-bond donors (Lipinski definition) is 0. The molecule has 4 aromatic rings. The average Bonchev–Trinajstić information content (AvgIpc) is 3.22. The molecule has 0 aliphatic heterocycles. The molecule has 0 spiro atoms. The zero-order valence-corrected chi connectivity index (χ0v) is 17.0. The lowest BCUT2D eigenvalue weighted by Crippen LogP contribution is -2.23. The van der Waals surface area contributed by atoms with Crippen LogP contribution in [0, 0.1) is 5.82 Å². The van der Waals surface area contributed by atoms with Gasteiger partial charge in [0.15, 0.2) is 16.7 Å². The van der Waals surface area contributed by atoms with E-state index in [0.717, 1.165) is 5.56 Å². The van der Waals surface area contributed by atoms with Crippen LogP contribution in [0.15, 0.2) is 69.2 Å². The van der Waals surface area contributed by atoms with Crippen molar-refractivity contribution in [3.05, 3.63) is 87.3 Å². The summed E-state index contributed by atoms with van der Waals surface area (Å²) in [6, 6.07) is 13.3. The third-order valence-corrected chi connectivity index (χ3v) is 5.64. The second kappa shape index (κ2) is 8.31. The van der Waals surface area contributed by atoms with Gasteiger partial charge in [-0.25, -0.2) is 9.37 Å². The van der Waals surface area contributed by atoms with E-state index in [1.807, 2.05) is 0 Å². The zero-order valence-electron chi connectivity index (χ0n) is 15.4. The molecule has 0 saturated carbocycles. The van der Waals surface area contributed by atoms with Gasteiger partial charge in [0.2, 0.25) is 0 Å². The molecule has 4 rings (SSSR count). The first kappa shape index (κ1) is 19.5. The van der Waals surface area contributed by atoms with Crippen LogP contribution in [0.2, 0.25) is 5.02 Å². The maximum Gasteiger partial charge on any atom is 0.262 e. The molecular weight excluding hydrogens is 415 g/mol. The number of aromatic nitrogens is 2. The minimum atomic E-state index is -0.433. The maximum absolute atomic E-state index is 14.0. The summed E-state index contributed by atoms with van der Waals surface area (Å²) in [4.78, 5) is 17.7. The molecular formula is C21H16ClFN2O3S. The van der Waals surface area contributed by atoms with Crippen molar-refractivity contribution in [2.75, 3.05) is 7.11 Å². The van der Waals surface area contributed by atoms with Crippen molar-refractivity contribution >= 4 is 34.3 Å². The van der Waals surface area contributed by atoms with Crippen LogP contribution in [-0.2, 0) is 12.3 Å². The lowest BCUT2D eigenvalue weighted by molar-refractivity contribution is 0.386. The van der Waals surface area contributed by atoms with Gasteiger partial charge in [-0.1, -0.05) is 29.4 Å². The predicted octanol–water partition coefficient (Wildman–Crippen LogP) is 5.13. The molecule has 0 amide bonds. The van der Waals surface area contributed by atoms with Crippen LogP contribution in [0.25, 0.3) is 10.9 Å². The number of halogens is 2. The van der Waals surface area contributed by atoms with Crippen molar-refractivity contribution in [3.8, 4) is 5.75 Å². The Balaban J connectivity index is 1.72. The highest BCUT2D eigenvalue weighted by molar-refractivity contribution is 7.98. The van der Waals surface area contributed by atoms with Crippen LogP contribution in [0.5, 0.6) is 5.75 Å². The van der Waals surface area contributed by atoms with Gasteiger partial charge in [-0.3, -0.25) is 9.36 Å². The Labute approximate surface area is 175 Å². The lowest BCUT2D eigenvalue weighted by atomic mass is 10.2. The van der Waals surface area contributed by atoms with Gasteiger partial charge in [0, 0.05) is 10.8 Å². The number of rotatable bonds is 6. The van der Waals surface area contributed by atoms with Crippen LogP contribution in [0.3, 0.4) is 0 Å². The summed E-state index contributed by atoms with van der Waals surface area (Å²) >= 11 is 7.41. The molecule has 5 nitrogen and oxygen atoms in total. The number of methoxy groups -OCH3 is 1. The molecule has 2 aromatic heterocycles. The van der Waals surface area contributed by atoms with Crippen molar-refractivity contribution in [3.63, 3.8) is 0 Å². The molecule has 0 radical (unpaired) electrons. The number of furan rings is 1. The Morgan fingerprint density at radius 3 is 2.83 bits per heavy atom. The fourth-order valence-corrected chi connectivity index (χ4v) is 4.04. The number of fused-ring (bicyclic) bond motifs is 1. The zero-order chi connectivity index (χ0) is 20.4. The van der Waals surface area contributed by atoms with Gasteiger partial charge in [-0.15, -0.1) is 0 Å². The molecule has 29 heavy (non-hydrogen) atoms. The Hall–Kier alpha value is -2.77. The van der Waals surface area contributed by atoms with E-state index in [0.29, 0.717) is 32.6 Å². The normalized spacial score (nSPS) is 11.1. The largest absolute Gasteiger partial charge is 0.494 e. The van der Waals surface area contributed by atoms with Gasteiger partial charge < -0.3 is 9.15 Å². The Bertz CT molecular complexity index is 1220. The molecule has 0 aliphatic carbocycles. The topological polar surface area (TPSA) is 57.3 Å². The highest BCUT2D eigenvalue weighted by Crippen LogP contribution is 2.26. The standard InChI is InChI=1S/C21H16ClFN2O3S/c1-27-19-7-4-13(9-17(19)23)12-29-21-24-18-10-14(22)5-6-16(18)20(26)25(21)11-15-3-2-8-28-15/h2-10H,11-12H2,1H3. The summed E-state index contributed by atoms with van der Waals surface area (Å²) < 4.78 is 25.9. The monoisotopic (exact) mass is 430 g/mol. The van der Waals surface area contributed by atoms with Crippen LogP contribution in [0.1, 0.15) is 11.3 Å². The van der Waals surface area contributed by atoms with Crippen LogP contribution < -0.4 is 10.3 Å². The minimum Gasteiger partial charge on any atom is -0.494 e. The van der Waals surface area contributed by atoms with E-state index in [1.165, 1.54) is 24.9 Å². The van der Waals surface area contributed by atoms with E-state index in [4.69, 9.17) is 20.8 Å². The summed E-state index contributed by atoms with van der Waals surface area (Å²) in [5.74, 6) is 0.820. The van der Waals surface area contributed by atoms with E-state index < -0.39 is 5.82 Å². The average molecular weight is 431 g/mol. The van der Waals surface area contributed by atoms with Gasteiger partial charge >= 0.3 is 0 Å². The molecule has 0 atom stereocenters. The Kier molecular flexibility index (Phi) is 5.60. The molecule has 0 bridgehead atoms. The second-order valence-corrected chi connectivity index (χ2v) is 7.66. The third kappa shape index (κ3) is 4.16. The van der Waals surface area contributed by atoms with E-state index >= 15 is 0 Å². The first-order chi connectivity index (χ1) is 14.0. The summed E-state index contributed by atoms with van der Waals surface area (Å²) in [6.07, 6.45) is 1.56. The minimum absolute atomic E-state index is 0.187. The van der Waals surface area contributed by atoms with Crippen molar-refractivity contribution in [2.45, 2.75) is 17.5 Å². The first-order valence-electron chi connectivity index (χ1n) is 8.73. The van der Waals surface area contributed by atoms with Crippen LogP contribution in [0.4, 0.5) is 4.39 Å². The highest BCUT2D eigenvalue weighted by Gasteiger charge is 2.14. The number of nitrogens with zero attached hydrogens (tertiary/aromatic N) is 2. The van der Waals surface area contributed by atoms with E-state index in [9.17, 15) is 9.18 Å².